The van der Waals surface area contributed by atoms with Crippen LogP contribution in [0.3, 0.4) is 0 Å². The highest BCUT2D eigenvalue weighted by Gasteiger charge is 2.22. The Morgan fingerprint density at radius 1 is 1.32 bits per heavy atom. The van der Waals surface area contributed by atoms with Crippen molar-refractivity contribution in [3.8, 4) is 11.5 Å². The topological polar surface area (TPSA) is 90.7 Å². The molecule has 0 bridgehead atoms. The molecule has 1 atom stereocenters. The van der Waals surface area contributed by atoms with Gasteiger partial charge >= 0.3 is 0 Å². The van der Waals surface area contributed by atoms with E-state index in [-0.39, 0.29) is 22.9 Å². The van der Waals surface area contributed by atoms with Crippen molar-refractivity contribution in [2.24, 2.45) is 0 Å². The first-order valence-electron chi connectivity index (χ1n) is 7.07. The second-order valence-electron chi connectivity index (χ2n) is 4.96. The fourth-order valence-electron chi connectivity index (χ4n) is 1.94. The first-order valence-corrected chi connectivity index (χ1v) is 7.86. The largest absolute Gasteiger partial charge is 0.496 e. The SMILES string of the molecule is COc1ccc(NC(=O)[C@@H](C)Oc2ccc(Br)cc2F)c([N+](=O)[O-])c1. The van der Waals surface area contributed by atoms with Crippen LogP contribution in [0.15, 0.2) is 40.9 Å². The molecule has 0 aromatic heterocycles. The van der Waals surface area contributed by atoms with Gasteiger partial charge in [0.25, 0.3) is 11.6 Å². The van der Waals surface area contributed by atoms with Crippen molar-refractivity contribution in [2.75, 3.05) is 12.4 Å². The summed E-state index contributed by atoms with van der Waals surface area (Å²) in [6.07, 6.45) is -1.07. The van der Waals surface area contributed by atoms with Crippen molar-refractivity contribution >= 4 is 33.2 Å². The van der Waals surface area contributed by atoms with Gasteiger partial charge in [0.05, 0.1) is 18.1 Å². The molecule has 0 radical (unpaired) electrons. The summed E-state index contributed by atoms with van der Waals surface area (Å²) < 4.78 is 24.5. The lowest BCUT2D eigenvalue weighted by Gasteiger charge is -2.15. The summed E-state index contributed by atoms with van der Waals surface area (Å²) in [5, 5.41) is 13.5. The number of hydrogen-bond donors (Lipinski definition) is 1. The number of ether oxygens (including phenoxy) is 2. The van der Waals surface area contributed by atoms with E-state index in [1.807, 2.05) is 0 Å². The van der Waals surface area contributed by atoms with Gasteiger partial charge < -0.3 is 14.8 Å². The molecule has 0 unspecified atom stereocenters. The van der Waals surface area contributed by atoms with Crippen LogP contribution >= 0.6 is 15.9 Å². The fraction of sp³-hybridized carbons (Fsp3) is 0.188. The van der Waals surface area contributed by atoms with Crippen molar-refractivity contribution < 1.29 is 23.6 Å². The summed E-state index contributed by atoms with van der Waals surface area (Å²) in [5.41, 5.74) is -0.336. The molecule has 2 aromatic rings. The Morgan fingerprint density at radius 3 is 2.64 bits per heavy atom. The molecular formula is C16H14BrFN2O5. The molecule has 1 amide bonds. The van der Waals surface area contributed by atoms with E-state index in [9.17, 15) is 19.3 Å². The highest BCUT2D eigenvalue weighted by atomic mass is 79.9. The number of carbonyl (C=O) groups is 1. The Kier molecular flexibility index (Phi) is 5.92. The number of halogens is 2. The van der Waals surface area contributed by atoms with Crippen LogP contribution < -0.4 is 14.8 Å². The minimum absolute atomic E-state index is 0.0115. The molecular weight excluding hydrogens is 399 g/mol. The Morgan fingerprint density at radius 2 is 2.04 bits per heavy atom. The molecule has 0 saturated heterocycles. The Bertz CT molecular complexity index is 815. The molecule has 1 N–H and O–H groups in total. The molecule has 0 heterocycles. The average molecular weight is 413 g/mol. The lowest BCUT2D eigenvalue weighted by molar-refractivity contribution is -0.384. The number of methoxy groups -OCH3 is 1. The van der Waals surface area contributed by atoms with Crippen molar-refractivity contribution in [2.45, 2.75) is 13.0 Å². The first-order chi connectivity index (χ1) is 11.8. The number of benzene rings is 2. The van der Waals surface area contributed by atoms with Gasteiger partial charge in [0, 0.05) is 4.47 Å². The molecule has 2 rings (SSSR count). The predicted molar refractivity (Wildman–Crippen MR) is 92.5 cm³/mol. The van der Waals surface area contributed by atoms with Crippen molar-refractivity contribution in [3.63, 3.8) is 0 Å². The van der Waals surface area contributed by atoms with Crippen LogP contribution in [0.25, 0.3) is 0 Å². The minimum atomic E-state index is -1.07. The summed E-state index contributed by atoms with van der Waals surface area (Å²) >= 11 is 3.12. The monoisotopic (exact) mass is 412 g/mol. The smallest absolute Gasteiger partial charge is 0.296 e. The summed E-state index contributed by atoms with van der Waals surface area (Å²) in [6.45, 7) is 1.41. The zero-order valence-electron chi connectivity index (χ0n) is 13.3. The molecule has 0 fully saturated rings. The number of amides is 1. The molecule has 7 nitrogen and oxygen atoms in total. The second-order valence-corrected chi connectivity index (χ2v) is 5.88. The maximum absolute atomic E-state index is 13.8. The van der Waals surface area contributed by atoms with Gasteiger partial charge in [0.1, 0.15) is 11.4 Å². The zero-order valence-corrected chi connectivity index (χ0v) is 14.9. The number of rotatable bonds is 6. The standard InChI is InChI=1S/C16H14BrFN2O5/c1-9(25-15-6-3-10(17)7-12(15)18)16(21)19-13-5-4-11(24-2)8-14(13)20(22)23/h3-9H,1-2H3,(H,19,21)/t9-/m1/s1. The Hall–Kier alpha value is -2.68. The maximum Gasteiger partial charge on any atom is 0.296 e. The average Bonchev–Trinajstić information content (AvgIpc) is 2.57. The highest BCUT2D eigenvalue weighted by molar-refractivity contribution is 9.10. The first kappa shape index (κ1) is 18.7. The van der Waals surface area contributed by atoms with E-state index in [0.717, 1.165) is 0 Å². The number of carbonyl (C=O) groups excluding carboxylic acids is 1. The van der Waals surface area contributed by atoms with Crippen LogP contribution in [0.1, 0.15) is 6.92 Å². The van der Waals surface area contributed by atoms with Crippen molar-refractivity contribution in [1.82, 2.24) is 0 Å². The van der Waals surface area contributed by atoms with Crippen LogP contribution in [0.4, 0.5) is 15.8 Å². The third kappa shape index (κ3) is 4.66. The number of nitro groups is 1. The lowest BCUT2D eigenvalue weighted by atomic mass is 10.2. The summed E-state index contributed by atoms with van der Waals surface area (Å²) in [5.74, 6) is -1.11. The third-order valence-corrected chi connectivity index (χ3v) is 3.72. The minimum Gasteiger partial charge on any atom is -0.496 e. The van der Waals surface area contributed by atoms with Gasteiger partial charge in [-0.25, -0.2) is 4.39 Å². The zero-order chi connectivity index (χ0) is 18.6. The van der Waals surface area contributed by atoms with Gasteiger partial charge in [-0.3, -0.25) is 14.9 Å². The van der Waals surface area contributed by atoms with Gasteiger partial charge in [-0.05, 0) is 37.3 Å². The Labute approximate surface area is 151 Å². The van der Waals surface area contributed by atoms with E-state index in [2.05, 4.69) is 21.2 Å². The van der Waals surface area contributed by atoms with E-state index in [1.54, 1.807) is 6.07 Å². The van der Waals surface area contributed by atoms with Crippen molar-refractivity contribution in [3.05, 3.63) is 56.8 Å². The molecule has 0 aliphatic carbocycles. The summed E-state index contributed by atoms with van der Waals surface area (Å²) in [4.78, 5) is 22.7. The number of nitrogens with one attached hydrogen (secondary N) is 1. The summed E-state index contributed by atoms with van der Waals surface area (Å²) in [6, 6.07) is 8.16. The number of nitro benzene ring substituents is 1. The van der Waals surface area contributed by atoms with Gasteiger partial charge in [0.2, 0.25) is 0 Å². The summed E-state index contributed by atoms with van der Waals surface area (Å²) in [7, 11) is 1.37. The van der Waals surface area contributed by atoms with Crippen LogP contribution in [-0.2, 0) is 4.79 Å². The van der Waals surface area contributed by atoms with E-state index in [0.29, 0.717) is 4.47 Å². The molecule has 2 aromatic carbocycles. The van der Waals surface area contributed by atoms with E-state index < -0.39 is 22.8 Å². The molecule has 0 aliphatic heterocycles. The van der Waals surface area contributed by atoms with Crippen LogP contribution in [0.2, 0.25) is 0 Å². The van der Waals surface area contributed by atoms with Gasteiger partial charge in [-0.2, -0.15) is 0 Å². The van der Waals surface area contributed by atoms with E-state index in [1.165, 1.54) is 44.4 Å². The normalized spacial score (nSPS) is 11.5. The Balaban J connectivity index is 2.14. The van der Waals surface area contributed by atoms with Gasteiger partial charge in [0.15, 0.2) is 17.7 Å². The lowest BCUT2D eigenvalue weighted by Crippen LogP contribution is -2.30. The predicted octanol–water partition coefficient (Wildman–Crippen LogP) is 3.91. The van der Waals surface area contributed by atoms with Crippen LogP contribution in [0.5, 0.6) is 11.5 Å². The number of hydrogen-bond acceptors (Lipinski definition) is 5. The van der Waals surface area contributed by atoms with Crippen LogP contribution in [0, 0.1) is 15.9 Å². The van der Waals surface area contributed by atoms with Crippen molar-refractivity contribution in [1.29, 1.82) is 0 Å². The van der Waals surface area contributed by atoms with E-state index >= 15 is 0 Å². The molecule has 9 heteroatoms. The molecule has 25 heavy (non-hydrogen) atoms. The number of nitrogens with zero attached hydrogens (tertiary/aromatic N) is 1. The third-order valence-electron chi connectivity index (χ3n) is 3.23. The fourth-order valence-corrected chi connectivity index (χ4v) is 2.28. The molecule has 0 saturated carbocycles. The molecule has 132 valence electrons. The molecule has 0 aliphatic rings. The maximum atomic E-state index is 13.8. The van der Waals surface area contributed by atoms with Gasteiger partial charge in [-0.15, -0.1) is 0 Å². The number of anilines is 1. The van der Waals surface area contributed by atoms with E-state index in [4.69, 9.17) is 9.47 Å². The van der Waals surface area contributed by atoms with Crippen LogP contribution in [-0.4, -0.2) is 24.0 Å². The highest BCUT2D eigenvalue weighted by Crippen LogP contribution is 2.29. The quantitative estimate of drug-likeness (QED) is 0.573. The molecule has 0 spiro atoms. The second kappa shape index (κ2) is 7.93. The van der Waals surface area contributed by atoms with Gasteiger partial charge in [-0.1, -0.05) is 15.9 Å².